The van der Waals surface area contributed by atoms with E-state index in [-0.39, 0.29) is 23.5 Å². The number of rotatable bonds is 12. The van der Waals surface area contributed by atoms with Crippen LogP contribution in [0.5, 0.6) is 0 Å². The molecule has 0 radical (unpaired) electrons. The van der Waals surface area contributed by atoms with Crippen molar-refractivity contribution in [2.75, 3.05) is 13.2 Å². The molecule has 0 aromatic heterocycles. The molecule has 0 aromatic carbocycles. The van der Waals surface area contributed by atoms with Gasteiger partial charge >= 0.3 is 11.9 Å². The number of esters is 2. The second kappa shape index (κ2) is 13.0. The zero-order valence-electron chi connectivity index (χ0n) is 25.0. The highest BCUT2D eigenvalue weighted by molar-refractivity contribution is 5.70. The van der Waals surface area contributed by atoms with Gasteiger partial charge in [-0.3, -0.25) is 9.59 Å². The molecule has 9 atom stereocenters. The van der Waals surface area contributed by atoms with Crippen molar-refractivity contribution >= 4 is 11.9 Å². The number of carbonyl (C=O) groups excluding carboxylic acids is 2. The lowest BCUT2D eigenvalue weighted by Gasteiger charge is -2.62. The number of fused-ring (bicyclic) bond motifs is 5. The molecule has 0 heterocycles. The maximum atomic E-state index is 12.7. The van der Waals surface area contributed by atoms with Gasteiger partial charge in [-0.1, -0.05) is 59.8 Å². The first-order chi connectivity index (χ1) is 18.2. The van der Waals surface area contributed by atoms with Crippen molar-refractivity contribution < 1.29 is 19.1 Å². The van der Waals surface area contributed by atoms with Crippen LogP contribution in [0.25, 0.3) is 0 Å². The molecule has 0 bridgehead atoms. The molecule has 2 N–H and O–H groups in total. The summed E-state index contributed by atoms with van der Waals surface area (Å²) in [4.78, 5) is 25.1. The Morgan fingerprint density at radius 2 is 1.71 bits per heavy atom. The molecule has 4 aliphatic rings. The van der Waals surface area contributed by atoms with Crippen LogP contribution < -0.4 is 5.73 Å². The van der Waals surface area contributed by atoms with Gasteiger partial charge in [0.15, 0.2) is 0 Å². The monoisotopic (exact) mass is 531 g/mol. The summed E-state index contributed by atoms with van der Waals surface area (Å²) in [6, 6.07) is 0. The number of hydrogen-bond acceptors (Lipinski definition) is 5. The van der Waals surface area contributed by atoms with Crippen molar-refractivity contribution in [3.63, 3.8) is 0 Å². The molecule has 5 nitrogen and oxygen atoms in total. The van der Waals surface area contributed by atoms with Crippen LogP contribution in [0.3, 0.4) is 0 Å². The minimum absolute atomic E-state index is 0.0211. The molecule has 7 unspecified atom stereocenters. The summed E-state index contributed by atoms with van der Waals surface area (Å²) in [6.45, 7) is 10.6. The van der Waals surface area contributed by atoms with Gasteiger partial charge in [0.2, 0.25) is 0 Å². The third kappa shape index (κ3) is 6.13. The predicted molar refractivity (Wildman–Crippen MR) is 152 cm³/mol. The molecule has 0 spiro atoms. The van der Waals surface area contributed by atoms with E-state index in [1.165, 1.54) is 64.2 Å². The van der Waals surface area contributed by atoms with Crippen molar-refractivity contribution in [3.8, 4) is 0 Å². The van der Waals surface area contributed by atoms with Gasteiger partial charge < -0.3 is 15.2 Å². The van der Waals surface area contributed by atoms with E-state index in [1.54, 1.807) is 0 Å². The highest BCUT2D eigenvalue weighted by Crippen LogP contribution is 2.68. The van der Waals surface area contributed by atoms with Crippen molar-refractivity contribution in [3.05, 3.63) is 0 Å². The molecular formula is C33H57NO4. The molecule has 218 valence electrons. The fourth-order valence-corrected chi connectivity index (χ4v) is 10.0. The van der Waals surface area contributed by atoms with Gasteiger partial charge in [-0.15, -0.1) is 0 Å². The minimum Gasteiger partial charge on any atom is -0.466 e. The SMILES string of the molecule is CCCCCCOC(=O)CC[C@@H](C)C1CCC2C3C(CCC21C)C1(C)CCCCC1C[C@H]3OC(=O)CCN. The van der Waals surface area contributed by atoms with Crippen LogP contribution in [0.2, 0.25) is 0 Å². The Morgan fingerprint density at radius 1 is 0.921 bits per heavy atom. The third-order valence-corrected chi connectivity index (χ3v) is 12.0. The van der Waals surface area contributed by atoms with Crippen LogP contribution in [0.15, 0.2) is 0 Å². The second-order valence-corrected chi connectivity index (χ2v) is 14.1. The zero-order chi connectivity index (χ0) is 27.3. The lowest BCUT2D eigenvalue weighted by Crippen LogP contribution is -2.58. The fourth-order valence-electron chi connectivity index (χ4n) is 10.0. The van der Waals surface area contributed by atoms with Crippen LogP contribution in [0, 0.1) is 46.3 Å². The Labute approximate surface area is 232 Å². The molecule has 4 rings (SSSR count). The zero-order valence-corrected chi connectivity index (χ0v) is 25.0. The van der Waals surface area contributed by atoms with E-state index >= 15 is 0 Å². The topological polar surface area (TPSA) is 78.6 Å². The molecule has 0 aliphatic heterocycles. The molecule has 5 heteroatoms. The van der Waals surface area contributed by atoms with E-state index in [4.69, 9.17) is 15.2 Å². The Balaban J connectivity index is 1.43. The fraction of sp³-hybridized carbons (Fsp3) is 0.939. The molecule has 4 saturated carbocycles. The van der Waals surface area contributed by atoms with Crippen LogP contribution in [0.1, 0.15) is 130 Å². The average molecular weight is 532 g/mol. The highest BCUT2D eigenvalue weighted by atomic mass is 16.5. The summed E-state index contributed by atoms with van der Waals surface area (Å²) >= 11 is 0. The molecule has 38 heavy (non-hydrogen) atoms. The van der Waals surface area contributed by atoms with E-state index in [9.17, 15) is 9.59 Å². The Hall–Kier alpha value is -1.10. The Bertz CT molecular complexity index is 800. The maximum absolute atomic E-state index is 12.7. The van der Waals surface area contributed by atoms with Crippen LogP contribution in [0.4, 0.5) is 0 Å². The lowest BCUT2D eigenvalue weighted by molar-refractivity contribution is -0.190. The van der Waals surface area contributed by atoms with E-state index in [0.717, 1.165) is 25.7 Å². The van der Waals surface area contributed by atoms with Gasteiger partial charge in [-0.05, 0) is 98.2 Å². The quantitative estimate of drug-likeness (QED) is 0.209. The molecule has 0 aromatic rings. The highest BCUT2D eigenvalue weighted by Gasteiger charge is 2.63. The summed E-state index contributed by atoms with van der Waals surface area (Å²) in [5, 5.41) is 0. The van der Waals surface area contributed by atoms with Gasteiger partial charge in [0.05, 0.1) is 13.0 Å². The second-order valence-electron chi connectivity index (χ2n) is 14.1. The smallest absolute Gasteiger partial charge is 0.307 e. The summed E-state index contributed by atoms with van der Waals surface area (Å²) in [5.41, 5.74) is 6.37. The third-order valence-electron chi connectivity index (χ3n) is 12.0. The van der Waals surface area contributed by atoms with Gasteiger partial charge in [-0.2, -0.15) is 0 Å². The first-order valence-corrected chi connectivity index (χ1v) is 16.3. The van der Waals surface area contributed by atoms with E-state index < -0.39 is 0 Å². The maximum Gasteiger partial charge on any atom is 0.307 e. The van der Waals surface area contributed by atoms with Gasteiger partial charge in [0.25, 0.3) is 0 Å². The molecule has 4 fully saturated rings. The molecule has 4 aliphatic carbocycles. The summed E-state index contributed by atoms with van der Waals surface area (Å²) in [7, 11) is 0. The first-order valence-electron chi connectivity index (χ1n) is 16.3. The number of carbonyl (C=O) groups is 2. The summed E-state index contributed by atoms with van der Waals surface area (Å²) < 4.78 is 11.8. The first kappa shape index (κ1) is 29.9. The summed E-state index contributed by atoms with van der Waals surface area (Å²) in [6.07, 6.45) is 17.7. The van der Waals surface area contributed by atoms with Crippen molar-refractivity contribution in [1.82, 2.24) is 0 Å². The molecule has 0 saturated heterocycles. The summed E-state index contributed by atoms with van der Waals surface area (Å²) in [5.74, 6) is 3.44. The minimum atomic E-state index is -0.0981. The van der Waals surface area contributed by atoms with Crippen molar-refractivity contribution in [1.29, 1.82) is 0 Å². The molecule has 0 amide bonds. The lowest BCUT2D eigenvalue weighted by atomic mass is 9.44. The Kier molecular flexibility index (Phi) is 10.3. The van der Waals surface area contributed by atoms with E-state index in [2.05, 4.69) is 27.7 Å². The van der Waals surface area contributed by atoms with Crippen molar-refractivity contribution in [2.24, 2.45) is 52.1 Å². The molecular weight excluding hydrogens is 474 g/mol. The van der Waals surface area contributed by atoms with E-state index in [0.29, 0.717) is 66.9 Å². The van der Waals surface area contributed by atoms with Gasteiger partial charge in [0.1, 0.15) is 6.10 Å². The standard InChI is InChI=1S/C33H57NO4/c1-5-6-7-10-21-37-29(35)15-12-23(2)25-13-14-26-31-27(16-19-33(25,26)4)32(3)18-9-8-11-24(32)22-28(31)38-30(36)17-20-34/h23-28,31H,5-22,34H2,1-4H3/t23-,24?,25?,26?,27?,28-,31?,32?,33?/m1/s1. The van der Waals surface area contributed by atoms with Crippen molar-refractivity contribution in [2.45, 2.75) is 137 Å². The van der Waals surface area contributed by atoms with Gasteiger partial charge in [-0.25, -0.2) is 0 Å². The number of ether oxygens (including phenoxy) is 2. The normalized spacial score (nSPS) is 39.0. The number of unbranched alkanes of at least 4 members (excludes halogenated alkanes) is 3. The van der Waals surface area contributed by atoms with Crippen LogP contribution >= 0.6 is 0 Å². The average Bonchev–Trinajstić information content (AvgIpc) is 3.24. The van der Waals surface area contributed by atoms with E-state index in [1.807, 2.05) is 0 Å². The van der Waals surface area contributed by atoms with Gasteiger partial charge in [0, 0.05) is 18.9 Å². The predicted octanol–water partition coefficient (Wildman–Crippen LogP) is 7.45. The number of nitrogens with two attached hydrogens (primary N) is 1. The largest absolute Gasteiger partial charge is 0.466 e. The number of hydrogen-bond donors (Lipinski definition) is 1. The Morgan fingerprint density at radius 3 is 2.47 bits per heavy atom. The van der Waals surface area contributed by atoms with Crippen LogP contribution in [-0.2, 0) is 19.1 Å². The van der Waals surface area contributed by atoms with Crippen LogP contribution in [-0.4, -0.2) is 31.2 Å².